The van der Waals surface area contributed by atoms with Gasteiger partial charge < -0.3 is 25.3 Å². The van der Waals surface area contributed by atoms with Crippen molar-refractivity contribution in [1.29, 1.82) is 5.41 Å². The summed E-state index contributed by atoms with van der Waals surface area (Å²) in [6.07, 6.45) is 0.360. The first kappa shape index (κ1) is 27.7. The van der Waals surface area contributed by atoms with E-state index in [1.165, 1.54) is 0 Å². The number of ether oxygens (including phenoxy) is 3. The van der Waals surface area contributed by atoms with Gasteiger partial charge in [0.05, 0.1) is 24.3 Å². The second kappa shape index (κ2) is 12.8. The van der Waals surface area contributed by atoms with Gasteiger partial charge >= 0.3 is 11.9 Å². The zero-order valence-electron chi connectivity index (χ0n) is 19.6. The Morgan fingerprint density at radius 3 is 2.23 bits per heavy atom. The van der Waals surface area contributed by atoms with Crippen molar-refractivity contribution in [3.63, 3.8) is 0 Å². The minimum Gasteiger partial charge on any atom is -0.491 e. The summed E-state index contributed by atoms with van der Waals surface area (Å²) < 4.78 is 15.5. The molecule has 1 aliphatic heterocycles. The average Bonchev–Trinajstić information content (AvgIpc) is 3.16. The van der Waals surface area contributed by atoms with Gasteiger partial charge in [-0.1, -0.05) is 50.2 Å². The second-order valence-electron chi connectivity index (χ2n) is 8.42. The van der Waals surface area contributed by atoms with Crippen molar-refractivity contribution in [2.45, 2.75) is 32.7 Å². The van der Waals surface area contributed by atoms with Crippen LogP contribution < -0.4 is 15.8 Å². The molecular formula is C25H30ClN3O6. The SMILES string of the molecule is CC(C)C(=O)OCOC(=O)C[C@@H]1C[C@@H](COc2ccc(-c3ccc(C(=N)N)cc3)cc2)NC1=O.Cl. The van der Waals surface area contributed by atoms with E-state index in [4.69, 9.17) is 25.4 Å². The number of amides is 1. The summed E-state index contributed by atoms with van der Waals surface area (Å²) in [5, 5.41) is 10.3. The van der Waals surface area contributed by atoms with Crippen LogP contribution in [0.15, 0.2) is 48.5 Å². The molecule has 1 aliphatic rings. The van der Waals surface area contributed by atoms with E-state index in [0.29, 0.717) is 17.7 Å². The summed E-state index contributed by atoms with van der Waals surface area (Å²) in [6, 6.07) is 14.7. The first-order chi connectivity index (χ1) is 16.2. The van der Waals surface area contributed by atoms with Crippen LogP contribution in [-0.4, -0.2) is 43.1 Å². The Morgan fingerprint density at radius 1 is 1.06 bits per heavy atom. The monoisotopic (exact) mass is 503 g/mol. The highest BCUT2D eigenvalue weighted by Gasteiger charge is 2.34. The number of esters is 2. The Balaban J connectivity index is 0.00000432. The fourth-order valence-corrected chi connectivity index (χ4v) is 3.48. The standard InChI is InChI=1S/C25H29N3O6.ClH/c1-15(2)25(31)34-14-33-22(29)12-19-11-20(28-24(19)30)13-32-21-9-7-17(8-10-21)16-3-5-18(6-4-16)23(26)27;/h3-10,15,19-20H,11-14H2,1-2H3,(H3,26,27)(H,28,30);1H/t19-,20-;/m0./s1. The van der Waals surface area contributed by atoms with E-state index in [2.05, 4.69) is 5.32 Å². The van der Waals surface area contributed by atoms with Crippen molar-refractivity contribution in [3.8, 4) is 16.9 Å². The fraction of sp³-hybridized carbons (Fsp3) is 0.360. The Hall–Kier alpha value is -3.59. The van der Waals surface area contributed by atoms with Crippen LogP contribution in [0.3, 0.4) is 0 Å². The zero-order valence-corrected chi connectivity index (χ0v) is 20.4. The average molecular weight is 504 g/mol. The largest absolute Gasteiger partial charge is 0.491 e. The number of nitrogens with two attached hydrogens (primary N) is 1. The van der Waals surface area contributed by atoms with Gasteiger partial charge in [0.1, 0.15) is 18.2 Å². The number of nitrogen functional groups attached to an aromatic ring is 1. The topological polar surface area (TPSA) is 141 Å². The van der Waals surface area contributed by atoms with Crippen LogP contribution in [-0.2, 0) is 23.9 Å². The van der Waals surface area contributed by atoms with Crippen LogP contribution in [0.2, 0.25) is 0 Å². The smallest absolute Gasteiger partial charge is 0.311 e. The lowest BCUT2D eigenvalue weighted by molar-refractivity contribution is -0.170. The maximum absolute atomic E-state index is 12.2. The highest BCUT2D eigenvalue weighted by molar-refractivity contribution is 5.95. The van der Waals surface area contributed by atoms with Crippen molar-refractivity contribution < 1.29 is 28.6 Å². The van der Waals surface area contributed by atoms with Crippen LogP contribution in [0.1, 0.15) is 32.3 Å². The summed E-state index contributed by atoms with van der Waals surface area (Å²) in [5.74, 6) is -1.41. The molecule has 1 fully saturated rings. The van der Waals surface area contributed by atoms with Crippen LogP contribution in [0, 0.1) is 17.2 Å². The summed E-state index contributed by atoms with van der Waals surface area (Å²) in [5.41, 5.74) is 8.15. The van der Waals surface area contributed by atoms with Crippen LogP contribution >= 0.6 is 12.4 Å². The van der Waals surface area contributed by atoms with Gasteiger partial charge in [-0.25, -0.2) is 0 Å². The number of rotatable bonds is 10. The van der Waals surface area contributed by atoms with E-state index in [-0.39, 0.29) is 49.1 Å². The normalized spacial score (nSPS) is 16.7. The predicted octanol–water partition coefficient (Wildman–Crippen LogP) is 3.03. The first-order valence-corrected chi connectivity index (χ1v) is 11.0. The van der Waals surface area contributed by atoms with Crippen molar-refractivity contribution >= 4 is 36.1 Å². The molecule has 2 aromatic carbocycles. The maximum Gasteiger partial charge on any atom is 0.311 e. The molecule has 0 aliphatic carbocycles. The molecule has 1 amide bonds. The van der Waals surface area contributed by atoms with Crippen molar-refractivity contribution in [1.82, 2.24) is 5.32 Å². The van der Waals surface area contributed by atoms with Crippen molar-refractivity contribution in [2.24, 2.45) is 17.6 Å². The van der Waals surface area contributed by atoms with Crippen molar-refractivity contribution in [2.75, 3.05) is 13.4 Å². The van der Waals surface area contributed by atoms with E-state index in [9.17, 15) is 14.4 Å². The maximum atomic E-state index is 12.2. The van der Waals surface area contributed by atoms with E-state index >= 15 is 0 Å². The van der Waals surface area contributed by atoms with Gasteiger partial charge in [0, 0.05) is 5.56 Å². The highest BCUT2D eigenvalue weighted by atomic mass is 35.5. The summed E-state index contributed by atoms with van der Waals surface area (Å²) in [7, 11) is 0. The molecule has 0 saturated carbocycles. The molecule has 2 aromatic rings. The third-order valence-corrected chi connectivity index (χ3v) is 5.43. The number of hydrogen-bond acceptors (Lipinski definition) is 7. The van der Waals surface area contributed by atoms with Gasteiger partial charge in [-0.05, 0) is 29.7 Å². The number of amidine groups is 1. The first-order valence-electron chi connectivity index (χ1n) is 11.0. The lowest BCUT2D eigenvalue weighted by atomic mass is 10.0. The molecule has 2 atom stereocenters. The number of carbonyl (C=O) groups is 3. The van der Waals surface area contributed by atoms with Gasteiger partial charge in [0.25, 0.3) is 0 Å². The molecule has 35 heavy (non-hydrogen) atoms. The van der Waals surface area contributed by atoms with Gasteiger partial charge in [-0.3, -0.25) is 19.8 Å². The molecule has 188 valence electrons. The molecule has 0 bridgehead atoms. The molecule has 10 heteroatoms. The van der Waals surface area contributed by atoms with E-state index in [1.807, 2.05) is 36.4 Å². The number of benzene rings is 2. The van der Waals surface area contributed by atoms with Gasteiger partial charge in [-0.2, -0.15) is 0 Å². The lowest BCUT2D eigenvalue weighted by Gasteiger charge is -2.13. The molecule has 4 N–H and O–H groups in total. The Labute approximate surface area is 210 Å². The summed E-state index contributed by atoms with van der Waals surface area (Å²) in [4.78, 5) is 35.5. The van der Waals surface area contributed by atoms with E-state index in [0.717, 1.165) is 11.1 Å². The molecule has 0 aromatic heterocycles. The fourth-order valence-electron chi connectivity index (χ4n) is 3.48. The second-order valence-corrected chi connectivity index (χ2v) is 8.42. The molecule has 0 spiro atoms. The Morgan fingerprint density at radius 2 is 1.66 bits per heavy atom. The Kier molecular flexibility index (Phi) is 10.1. The Bertz CT molecular complexity index is 1040. The van der Waals surface area contributed by atoms with Crippen molar-refractivity contribution in [3.05, 3.63) is 54.1 Å². The number of nitrogens with one attached hydrogen (secondary N) is 2. The molecule has 0 unspecified atom stereocenters. The predicted molar refractivity (Wildman–Crippen MR) is 132 cm³/mol. The summed E-state index contributed by atoms with van der Waals surface area (Å²) in [6.45, 7) is 3.18. The van der Waals surface area contributed by atoms with Gasteiger partial charge in [0.15, 0.2) is 0 Å². The molecule has 1 saturated heterocycles. The van der Waals surface area contributed by atoms with Gasteiger partial charge in [0.2, 0.25) is 12.7 Å². The van der Waals surface area contributed by atoms with Crippen LogP contribution in [0.5, 0.6) is 5.75 Å². The number of carbonyl (C=O) groups excluding carboxylic acids is 3. The molecule has 0 radical (unpaired) electrons. The number of halogens is 1. The third-order valence-electron chi connectivity index (χ3n) is 5.43. The molecule has 1 heterocycles. The van der Waals surface area contributed by atoms with Crippen LogP contribution in [0.4, 0.5) is 0 Å². The highest BCUT2D eigenvalue weighted by Crippen LogP contribution is 2.24. The molecular weight excluding hydrogens is 474 g/mol. The van der Waals surface area contributed by atoms with Crippen LogP contribution in [0.25, 0.3) is 11.1 Å². The zero-order chi connectivity index (χ0) is 24.7. The lowest BCUT2D eigenvalue weighted by Crippen LogP contribution is -2.31. The molecule has 9 nitrogen and oxygen atoms in total. The quantitative estimate of drug-likeness (QED) is 0.196. The van der Waals surface area contributed by atoms with Gasteiger partial charge in [-0.15, -0.1) is 12.4 Å². The third kappa shape index (κ3) is 7.99. The molecule has 3 rings (SSSR count). The minimum atomic E-state index is -0.592. The minimum absolute atomic E-state index is 0. The van der Waals surface area contributed by atoms with E-state index in [1.54, 1.807) is 26.0 Å². The number of hydrogen-bond donors (Lipinski definition) is 3. The van der Waals surface area contributed by atoms with E-state index < -0.39 is 24.6 Å². The summed E-state index contributed by atoms with van der Waals surface area (Å²) >= 11 is 0.